The average Bonchev–Trinajstić information content (AvgIpc) is 2.61. The van der Waals surface area contributed by atoms with Crippen LogP contribution in [0.25, 0.3) is 0 Å². The normalized spacial score (nSPS) is 27.2. The topological polar surface area (TPSA) is 130 Å². The van der Waals surface area contributed by atoms with E-state index in [1.807, 2.05) is 13.8 Å². The molecule has 1 saturated heterocycles. The predicted octanol–water partition coefficient (Wildman–Crippen LogP) is 0.328. The van der Waals surface area contributed by atoms with E-state index in [1.54, 1.807) is 0 Å². The van der Waals surface area contributed by atoms with Crippen LogP contribution in [0.4, 0.5) is 0 Å². The minimum Gasteiger partial charge on any atom is -0.480 e. The predicted molar refractivity (Wildman–Crippen MR) is 96.5 cm³/mol. The molecule has 10 heteroatoms. The lowest BCUT2D eigenvalue weighted by molar-refractivity contribution is -0.255. The zero-order valence-electron chi connectivity index (χ0n) is 16.8. The van der Waals surface area contributed by atoms with E-state index in [4.69, 9.17) is 28.8 Å². The Hall–Kier alpha value is -1.75. The van der Waals surface area contributed by atoms with Gasteiger partial charge in [0.15, 0.2) is 6.29 Å². The van der Waals surface area contributed by atoms with Gasteiger partial charge >= 0.3 is 11.9 Å². The fraction of sp³-hybridized carbons (Fsp3) is 0.833. The van der Waals surface area contributed by atoms with Crippen molar-refractivity contribution < 1.29 is 43.2 Å². The summed E-state index contributed by atoms with van der Waals surface area (Å²) in [7, 11) is 0. The van der Waals surface area contributed by atoms with Crippen molar-refractivity contribution >= 4 is 17.8 Å². The van der Waals surface area contributed by atoms with Crippen LogP contribution in [0, 0.1) is 5.92 Å². The molecule has 0 saturated carbocycles. The molecule has 1 amide bonds. The number of hydrogen-bond acceptors (Lipinski definition) is 8. The number of rotatable bonds is 12. The van der Waals surface area contributed by atoms with Gasteiger partial charge in [-0.15, -0.1) is 0 Å². The summed E-state index contributed by atoms with van der Waals surface area (Å²) in [4.78, 5) is 33.5. The van der Waals surface area contributed by atoms with Gasteiger partial charge in [0.2, 0.25) is 5.91 Å². The third-order valence-corrected chi connectivity index (χ3v) is 4.24. The second-order valence-electron chi connectivity index (χ2n) is 6.54. The van der Waals surface area contributed by atoms with Gasteiger partial charge in [-0.3, -0.25) is 9.59 Å². The molecule has 1 aliphatic heterocycles. The molecular formula is C18H31NO9. The van der Waals surface area contributed by atoms with Crippen molar-refractivity contribution in [3.05, 3.63) is 0 Å². The van der Waals surface area contributed by atoms with Gasteiger partial charge < -0.3 is 34.1 Å². The van der Waals surface area contributed by atoms with Gasteiger partial charge in [-0.1, -0.05) is 13.8 Å². The van der Waals surface area contributed by atoms with E-state index in [0.29, 0.717) is 6.42 Å². The van der Waals surface area contributed by atoms with Gasteiger partial charge in [0.1, 0.15) is 18.8 Å². The number of esters is 1. The van der Waals surface area contributed by atoms with Crippen molar-refractivity contribution in [2.24, 2.45) is 5.92 Å². The molecule has 0 aromatic carbocycles. The summed E-state index contributed by atoms with van der Waals surface area (Å²) < 4.78 is 27.4. The van der Waals surface area contributed by atoms with E-state index in [2.05, 4.69) is 5.32 Å². The smallest absolute Gasteiger partial charge is 0.329 e. The molecule has 0 aromatic rings. The molecule has 1 fully saturated rings. The maximum atomic E-state index is 11.6. The lowest BCUT2D eigenvalue weighted by Crippen LogP contribution is -2.62. The number of aliphatic carboxylic acids is 1. The highest BCUT2D eigenvalue weighted by molar-refractivity contribution is 5.73. The van der Waals surface area contributed by atoms with Gasteiger partial charge in [0.05, 0.1) is 32.5 Å². The second kappa shape index (κ2) is 12.7. The molecule has 0 aromatic heterocycles. The quantitative estimate of drug-likeness (QED) is 0.348. The number of carboxylic acids is 1. The molecule has 10 nitrogen and oxygen atoms in total. The van der Waals surface area contributed by atoms with Crippen LogP contribution < -0.4 is 5.32 Å². The Kier molecular flexibility index (Phi) is 11.0. The van der Waals surface area contributed by atoms with Crippen LogP contribution in [-0.2, 0) is 38.1 Å². The molecule has 0 radical (unpaired) electrons. The highest BCUT2D eigenvalue weighted by Crippen LogP contribution is 2.30. The van der Waals surface area contributed by atoms with Crippen LogP contribution in [0.2, 0.25) is 0 Å². The van der Waals surface area contributed by atoms with E-state index < -0.39 is 30.4 Å². The fourth-order valence-corrected chi connectivity index (χ4v) is 3.05. The number of nitrogens with one attached hydrogen (secondary N) is 1. The van der Waals surface area contributed by atoms with Crippen molar-refractivity contribution in [3.63, 3.8) is 0 Å². The fourth-order valence-electron chi connectivity index (χ4n) is 3.05. The van der Waals surface area contributed by atoms with Crippen molar-refractivity contribution in [2.75, 3.05) is 33.0 Å². The van der Waals surface area contributed by atoms with E-state index in [-0.39, 0.29) is 51.0 Å². The summed E-state index contributed by atoms with van der Waals surface area (Å²) in [6, 6.07) is -0.641. The van der Waals surface area contributed by atoms with Crippen molar-refractivity contribution in [1.29, 1.82) is 0 Å². The van der Waals surface area contributed by atoms with Crippen LogP contribution >= 0.6 is 0 Å². The van der Waals surface area contributed by atoms with Gasteiger partial charge in [0.25, 0.3) is 0 Å². The summed E-state index contributed by atoms with van der Waals surface area (Å²) in [6.45, 7) is 6.98. The first-order valence-corrected chi connectivity index (χ1v) is 9.34. The third-order valence-electron chi connectivity index (χ3n) is 4.24. The monoisotopic (exact) mass is 405 g/mol. The first-order valence-electron chi connectivity index (χ1n) is 9.34. The average molecular weight is 405 g/mol. The first-order chi connectivity index (χ1) is 13.3. The molecule has 0 aliphatic carbocycles. The molecule has 162 valence electrons. The van der Waals surface area contributed by atoms with E-state index in [1.165, 1.54) is 13.8 Å². The molecule has 1 heterocycles. The Labute approximate surface area is 164 Å². The molecule has 5 atom stereocenters. The Morgan fingerprint density at radius 2 is 1.71 bits per heavy atom. The number of carbonyl (C=O) groups is 3. The number of amides is 1. The summed E-state index contributed by atoms with van der Waals surface area (Å²) in [5.74, 6) is -1.88. The summed E-state index contributed by atoms with van der Waals surface area (Å²) in [6.07, 6.45) is -0.857. The Bertz CT molecular complexity index is 513. The number of carbonyl (C=O) groups excluding carboxylic acids is 2. The Morgan fingerprint density at radius 1 is 1.07 bits per heavy atom. The zero-order valence-corrected chi connectivity index (χ0v) is 16.8. The zero-order chi connectivity index (χ0) is 21.1. The van der Waals surface area contributed by atoms with Crippen LogP contribution in [0.3, 0.4) is 0 Å². The minimum absolute atomic E-state index is 0.117. The summed E-state index contributed by atoms with van der Waals surface area (Å²) in [5, 5.41) is 11.2. The molecule has 0 bridgehead atoms. The van der Waals surface area contributed by atoms with E-state index >= 15 is 0 Å². The highest BCUT2D eigenvalue weighted by atomic mass is 16.7. The standard InChI is InChI=1S/C18H31NO9/c1-5-14-11(2)17(27-13(4)21)16(19-12(3)20)18(28-14)26-9-8-24-6-7-25-10-15(22)23/h11,14,16-18H,5-10H2,1-4H3,(H,19,20)(H,22,23). The van der Waals surface area contributed by atoms with E-state index in [0.717, 1.165) is 0 Å². The van der Waals surface area contributed by atoms with Crippen molar-refractivity contribution in [1.82, 2.24) is 5.32 Å². The maximum absolute atomic E-state index is 11.6. The number of carboxylic acid groups (broad SMARTS) is 1. The lowest BCUT2D eigenvalue weighted by atomic mass is 9.87. The molecular weight excluding hydrogens is 374 g/mol. The Balaban J connectivity index is 2.57. The van der Waals surface area contributed by atoms with Crippen molar-refractivity contribution in [3.8, 4) is 0 Å². The lowest BCUT2D eigenvalue weighted by Gasteiger charge is -2.44. The number of hydrogen-bond donors (Lipinski definition) is 2. The Morgan fingerprint density at radius 3 is 2.29 bits per heavy atom. The van der Waals surface area contributed by atoms with Crippen LogP contribution in [0.5, 0.6) is 0 Å². The van der Waals surface area contributed by atoms with Crippen LogP contribution in [0.1, 0.15) is 34.1 Å². The molecule has 1 rings (SSSR count). The van der Waals surface area contributed by atoms with Gasteiger partial charge in [-0.05, 0) is 6.42 Å². The maximum Gasteiger partial charge on any atom is 0.329 e. The largest absolute Gasteiger partial charge is 0.480 e. The second-order valence-corrected chi connectivity index (χ2v) is 6.54. The SMILES string of the molecule is CCC1OC(OCCOCCOCC(=O)O)C(NC(C)=O)C(OC(C)=O)C1C. The number of ether oxygens (including phenoxy) is 5. The summed E-state index contributed by atoms with van der Waals surface area (Å²) in [5.41, 5.74) is 0. The van der Waals surface area contributed by atoms with Gasteiger partial charge in [-0.25, -0.2) is 4.79 Å². The molecule has 1 aliphatic rings. The van der Waals surface area contributed by atoms with Gasteiger partial charge in [-0.2, -0.15) is 0 Å². The third kappa shape index (κ3) is 8.51. The summed E-state index contributed by atoms with van der Waals surface area (Å²) >= 11 is 0. The molecule has 2 N–H and O–H groups in total. The minimum atomic E-state index is -1.04. The first kappa shape index (κ1) is 24.3. The van der Waals surface area contributed by atoms with Crippen LogP contribution in [0.15, 0.2) is 0 Å². The molecule has 0 spiro atoms. The van der Waals surface area contributed by atoms with Crippen molar-refractivity contribution in [2.45, 2.75) is 58.7 Å². The highest BCUT2D eigenvalue weighted by Gasteiger charge is 2.46. The van der Waals surface area contributed by atoms with Crippen LogP contribution in [-0.4, -0.2) is 80.5 Å². The molecule has 28 heavy (non-hydrogen) atoms. The molecule has 5 unspecified atom stereocenters. The van der Waals surface area contributed by atoms with Gasteiger partial charge in [0, 0.05) is 19.8 Å². The van der Waals surface area contributed by atoms with E-state index in [9.17, 15) is 14.4 Å².